The fourth-order valence-electron chi connectivity index (χ4n) is 2.53. The van der Waals surface area contributed by atoms with Crippen molar-refractivity contribution in [2.45, 2.75) is 51.8 Å². The summed E-state index contributed by atoms with van der Waals surface area (Å²) in [4.78, 5) is 14.1. The van der Waals surface area contributed by atoms with Crippen molar-refractivity contribution in [1.82, 2.24) is 4.90 Å². The molecule has 0 spiro atoms. The third kappa shape index (κ3) is 3.31. The second-order valence-corrected chi connectivity index (χ2v) is 6.48. The first kappa shape index (κ1) is 14.9. The van der Waals surface area contributed by atoms with Crippen LogP contribution in [0, 0.1) is 6.92 Å². The Morgan fingerprint density at radius 2 is 1.90 bits per heavy atom. The van der Waals surface area contributed by atoms with E-state index in [4.69, 9.17) is 10.5 Å². The molecule has 2 atom stereocenters. The minimum absolute atomic E-state index is 0.0368. The average molecular weight is 276 g/mol. The highest BCUT2D eigenvalue weighted by molar-refractivity contribution is 5.69. The fourth-order valence-corrected chi connectivity index (χ4v) is 2.53. The van der Waals surface area contributed by atoms with Gasteiger partial charge in [0.2, 0.25) is 0 Å². The van der Waals surface area contributed by atoms with Gasteiger partial charge in [0.25, 0.3) is 0 Å². The summed E-state index contributed by atoms with van der Waals surface area (Å²) < 4.78 is 5.48. The molecule has 0 bridgehead atoms. The average Bonchev–Trinajstić information content (AvgIpc) is 2.70. The molecule has 1 saturated heterocycles. The minimum atomic E-state index is -0.485. The highest BCUT2D eigenvalue weighted by Gasteiger charge is 2.38. The predicted molar refractivity (Wildman–Crippen MR) is 79.5 cm³/mol. The molecule has 0 aliphatic carbocycles. The zero-order valence-electron chi connectivity index (χ0n) is 12.7. The lowest BCUT2D eigenvalue weighted by atomic mass is 10.00. The summed E-state index contributed by atoms with van der Waals surface area (Å²) in [6.07, 6.45) is 0.522. The second kappa shape index (κ2) is 5.44. The van der Waals surface area contributed by atoms with Gasteiger partial charge in [0, 0.05) is 12.6 Å². The lowest BCUT2D eigenvalue weighted by molar-refractivity contribution is 0.0218. The molecule has 1 heterocycles. The van der Waals surface area contributed by atoms with Crippen molar-refractivity contribution in [3.63, 3.8) is 0 Å². The van der Waals surface area contributed by atoms with Crippen molar-refractivity contribution >= 4 is 6.09 Å². The van der Waals surface area contributed by atoms with Crippen LogP contribution < -0.4 is 5.73 Å². The summed E-state index contributed by atoms with van der Waals surface area (Å²) in [5.41, 5.74) is 7.98. The van der Waals surface area contributed by atoms with Crippen molar-refractivity contribution in [1.29, 1.82) is 0 Å². The topological polar surface area (TPSA) is 55.6 Å². The molecule has 1 aromatic rings. The molecule has 1 fully saturated rings. The van der Waals surface area contributed by atoms with Gasteiger partial charge in [-0.1, -0.05) is 29.8 Å². The van der Waals surface area contributed by atoms with E-state index in [1.165, 1.54) is 5.56 Å². The molecule has 0 saturated carbocycles. The van der Waals surface area contributed by atoms with E-state index in [1.54, 1.807) is 4.90 Å². The van der Waals surface area contributed by atoms with E-state index < -0.39 is 5.60 Å². The Morgan fingerprint density at radius 1 is 1.30 bits per heavy atom. The number of amides is 1. The van der Waals surface area contributed by atoms with Gasteiger partial charge in [-0.3, -0.25) is 4.90 Å². The number of aryl methyl sites for hydroxylation is 1. The van der Waals surface area contributed by atoms with Crippen LogP contribution in [-0.4, -0.2) is 29.2 Å². The first-order chi connectivity index (χ1) is 9.28. The van der Waals surface area contributed by atoms with Crippen LogP contribution in [0.2, 0.25) is 0 Å². The predicted octanol–water partition coefficient (Wildman–Crippen LogP) is 3.00. The lowest BCUT2D eigenvalue weighted by Crippen LogP contribution is -2.39. The summed E-state index contributed by atoms with van der Waals surface area (Å²) in [6, 6.07) is 8.06. The molecular formula is C16H24N2O2. The van der Waals surface area contributed by atoms with Crippen molar-refractivity contribution in [3.8, 4) is 0 Å². The molecule has 1 aliphatic heterocycles. The standard InChI is InChI=1S/C16H24N2O2/c1-11-5-7-12(8-6-11)14-13(17)9-10-18(14)15(19)20-16(2,3)4/h5-8,13-14H,9-10,17H2,1-4H3/t13-,14+/m1/s1. The van der Waals surface area contributed by atoms with Crippen molar-refractivity contribution in [2.75, 3.05) is 6.54 Å². The fraction of sp³-hybridized carbons (Fsp3) is 0.562. The number of likely N-dealkylation sites (tertiary alicyclic amines) is 1. The Labute approximate surface area is 120 Å². The number of carbonyl (C=O) groups is 1. The van der Waals surface area contributed by atoms with Gasteiger partial charge in [0.1, 0.15) is 5.60 Å². The Hall–Kier alpha value is -1.55. The number of hydrogen-bond acceptors (Lipinski definition) is 3. The van der Waals surface area contributed by atoms with Gasteiger partial charge in [-0.25, -0.2) is 4.79 Å². The zero-order valence-corrected chi connectivity index (χ0v) is 12.7. The van der Waals surface area contributed by atoms with Crippen LogP contribution in [-0.2, 0) is 4.74 Å². The Morgan fingerprint density at radius 3 is 2.45 bits per heavy atom. The normalized spacial score (nSPS) is 22.9. The van der Waals surface area contributed by atoms with Crippen molar-refractivity contribution in [3.05, 3.63) is 35.4 Å². The number of carbonyl (C=O) groups excluding carboxylic acids is 1. The Kier molecular flexibility index (Phi) is 4.04. The number of ether oxygens (including phenoxy) is 1. The van der Waals surface area contributed by atoms with Gasteiger partial charge in [-0.2, -0.15) is 0 Å². The summed E-state index contributed by atoms with van der Waals surface area (Å²) >= 11 is 0. The molecule has 0 unspecified atom stereocenters. The van der Waals surface area contributed by atoms with E-state index in [0.717, 1.165) is 12.0 Å². The largest absolute Gasteiger partial charge is 0.444 e. The third-order valence-corrected chi connectivity index (χ3v) is 3.49. The molecule has 2 N–H and O–H groups in total. The first-order valence-electron chi connectivity index (χ1n) is 7.10. The van der Waals surface area contributed by atoms with Crippen LogP contribution in [0.25, 0.3) is 0 Å². The Bertz CT molecular complexity index is 476. The van der Waals surface area contributed by atoms with Gasteiger partial charge in [0.05, 0.1) is 6.04 Å². The van der Waals surface area contributed by atoms with Gasteiger partial charge in [-0.15, -0.1) is 0 Å². The van der Waals surface area contributed by atoms with E-state index >= 15 is 0 Å². The molecule has 4 nitrogen and oxygen atoms in total. The molecular weight excluding hydrogens is 252 g/mol. The monoisotopic (exact) mass is 276 g/mol. The number of hydrogen-bond donors (Lipinski definition) is 1. The van der Waals surface area contributed by atoms with Crippen LogP contribution >= 0.6 is 0 Å². The van der Waals surface area contributed by atoms with Crippen molar-refractivity contribution < 1.29 is 9.53 Å². The molecule has 20 heavy (non-hydrogen) atoms. The SMILES string of the molecule is Cc1ccc([C@H]2[C@H](N)CCN2C(=O)OC(C)(C)C)cc1. The molecule has 0 radical (unpaired) electrons. The minimum Gasteiger partial charge on any atom is -0.444 e. The number of nitrogens with zero attached hydrogens (tertiary/aromatic N) is 1. The Balaban J connectivity index is 2.20. The van der Waals surface area contributed by atoms with Gasteiger partial charge >= 0.3 is 6.09 Å². The van der Waals surface area contributed by atoms with E-state index in [1.807, 2.05) is 52.0 Å². The molecule has 110 valence electrons. The third-order valence-electron chi connectivity index (χ3n) is 3.49. The molecule has 0 aromatic heterocycles. The summed E-state index contributed by atoms with van der Waals surface area (Å²) in [6.45, 7) is 8.32. The smallest absolute Gasteiger partial charge is 0.410 e. The zero-order chi connectivity index (χ0) is 14.9. The maximum atomic E-state index is 12.3. The molecule has 1 aliphatic rings. The molecule has 1 aromatic carbocycles. The van der Waals surface area contributed by atoms with Gasteiger partial charge in [0.15, 0.2) is 0 Å². The van der Waals surface area contributed by atoms with E-state index in [0.29, 0.717) is 6.54 Å². The molecule has 2 rings (SSSR count). The van der Waals surface area contributed by atoms with Crippen LogP contribution in [0.15, 0.2) is 24.3 Å². The first-order valence-corrected chi connectivity index (χ1v) is 7.10. The van der Waals surface area contributed by atoms with E-state index in [-0.39, 0.29) is 18.2 Å². The van der Waals surface area contributed by atoms with Crippen LogP contribution in [0.1, 0.15) is 44.4 Å². The summed E-state index contributed by atoms with van der Waals surface area (Å²) in [7, 11) is 0. The maximum Gasteiger partial charge on any atom is 0.410 e. The van der Waals surface area contributed by atoms with Crippen LogP contribution in [0.4, 0.5) is 4.79 Å². The summed E-state index contributed by atoms with van der Waals surface area (Å²) in [5, 5.41) is 0. The molecule has 4 heteroatoms. The number of rotatable bonds is 1. The van der Waals surface area contributed by atoms with Crippen molar-refractivity contribution in [2.24, 2.45) is 5.73 Å². The van der Waals surface area contributed by atoms with Crippen LogP contribution in [0.3, 0.4) is 0 Å². The van der Waals surface area contributed by atoms with Gasteiger partial charge < -0.3 is 10.5 Å². The summed E-state index contributed by atoms with van der Waals surface area (Å²) in [5.74, 6) is 0. The van der Waals surface area contributed by atoms with E-state index in [2.05, 4.69) is 0 Å². The highest BCUT2D eigenvalue weighted by atomic mass is 16.6. The lowest BCUT2D eigenvalue weighted by Gasteiger charge is -2.30. The highest BCUT2D eigenvalue weighted by Crippen LogP contribution is 2.32. The van der Waals surface area contributed by atoms with Crippen LogP contribution in [0.5, 0.6) is 0 Å². The number of nitrogens with two attached hydrogens (primary N) is 1. The molecule has 1 amide bonds. The quantitative estimate of drug-likeness (QED) is 0.858. The van der Waals surface area contributed by atoms with E-state index in [9.17, 15) is 4.79 Å². The van der Waals surface area contributed by atoms with Gasteiger partial charge in [-0.05, 0) is 39.7 Å². The second-order valence-electron chi connectivity index (χ2n) is 6.48. The maximum absolute atomic E-state index is 12.3. The number of benzene rings is 1.